The quantitative estimate of drug-likeness (QED) is 0.709. The number of nitrogens with one attached hydrogen (secondary N) is 1. The number of para-hydroxylation sites is 1. The van der Waals surface area contributed by atoms with Crippen molar-refractivity contribution in [2.45, 2.75) is 0 Å². The first-order chi connectivity index (χ1) is 9.66. The highest BCUT2D eigenvalue weighted by Crippen LogP contribution is 2.07. The first-order valence-electron chi connectivity index (χ1n) is 5.88. The maximum atomic E-state index is 10.5. The van der Waals surface area contributed by atoms with Gasteiger partial charge in [0.1, 0.15) is 5.69 Å². The van der Waals surface area contributed by atoms with Crippen LogP contribution >= 0.6 is 0 Å². The smallest absolute Gasteiger partial charge is 0.352 e. The second-order valence-electron chi connectivity index (χ2n) is 3.94. The molecule has 20 heavy (non-hydrogen) atoms. The molecule has 0 fully saturated rings. The Kier molecular flexibility index (Phi) is 4.24. The number of nitrogens with zero attached hydrogens (tertiary/aromatic N) is 1. The van der Waals surface area contributed by atoms with Crippen LogP contribution in [0.4, 0.5) is 0 Å². The molecule has 0 unspecified atom stereocenters. The van der Waals surface area contributed by atoms with Crippen molar-refractivity contribution in [1.29, 1.82) is 0 Å². The topological polar surface area (TPSA) is 83.0 Å². The molecule has 0 aliphatic heterocycles. The molecule has 0 amide bonds. The molecule has 5 heteroatoms. The number of carboxylic acids is 1. The largest absolute Gasteiger partial charge is 0.477 e. The lowest BCUT2D eigenvalue weighted by Gasteiger charge is -1.91. The van der Waals surface area contributed by atoms with Crippen LogP contribution in [0.2, 0.25) is 0 Å². The Morgan fingerprint density at radius 2 is 1.85 bits per heavy atom. The van der Waals surface area contributed by atoms with Crippen LogP contribution in [0.1, 0.15) is 10.5 Å². The standard InChI is InChI=1S/C9H7N.C6H5NO3/c1-2-6-9-8(4-1)5-3-7-10-9;8-4-1-2-7-5(3-4)6(9)10/h1-7H;1-3H,(H,7,8)(H,9,10). The fraction of sp³-hybridized carbons (Fsp3) is 0. The lowest BCUT2D eigenvalue weighted by Crippen LogP contribution is -2.06. The Morgan fingerprint density at radius 3 is 2.50 bits per heavy atom. The second-order valence-corrected chi connectivity index (χ2v) is 3.94. The normalized spacial score (nSPS) is 9.60. The van der Waals surface area contributed by atoms with E-state index < -0.39 is 5.97 Å². The molecule has 0 atom stereocenters. The Labute approximate surface area is 114 Å². The number of hydrogen-bond donors (Lipinski definition) is 2. The van der Waals surface area contributed by atoms with Crippen molar-refractivity contribution >= 4 is 16.9 Å². The molecule has 3 rings (SSSR count). The van der Waals surface area contributed by atoms with E-state index in [2.05, 4.69) is 22.1 Å². The SMILES string of the molecule is O=C(O)c1cc(=O)cc[nH]1.c1ccc2ncccc2c1. The maximum Gasteiger partial charge on any atom is 0.352 e. The number of hydrogen-bond acceptors (Lipinski definition) is 3. The summed E-state index contributed by atoms with van der Waals surface area (Å²) in [5, 5.41) is 9.54. The van der Waals surface area contributed by atoms with E-state index in [-0.39, 0.29) is 11.1 Å². The van der Waals surface area contributed by atoms with Crippen LogP contribution in [0.3, 0.4) is 0 Å². The average Bonchev–Trinajstić information content (AvgIpc) is 2.48. The third-order valence-corrected chi connectivity index (χ3v) is 2.52. The van der Waals surface area contributed by atoms with E-state index in [4.69, 9.17) is 5.11 Å². The van der Waals surface area contributed by atoms with E-state index in [1.807, 2.05) is 30.5 Å². The van der Waals surface area contributed by atoms with Crippen LogP contribution in [0, 0.1) is 0 Å². The van der Waals surface area contributed by atoms with Crippen LogP contribution in [0.5, 0.6) is 0 Å². The third kappa shape index (κ3) is 3.52. The minimum atomic E-state index is -1.13. The Morgan fingerprint density at radius 1 is 1.10 bits per heavy atom. The first kappa shape index (κ1) is 13.5. The fourth-order valence-electron chi connectivity index (χ4n) is 1.59. The van der Waals surface area contributed by atoms with Gasteiger partial charge in [-0.3, -0.25) is 9.78 Å². The van der Waals surface area contributed by atoms with E-state index in [9.17, 15) is 9.59 Å². The number of H-pyrrole nitrogens is 1. The molecule has 0 bridgehead atoms. The zero-order valence-electron chi connectivity index (χ0n) is 10.5. The van der Waals surface area contributed by atoms with Crippen molar-refractivity contribution in [2.24, 2.45) is 0 Å². The van der Waals surface area contributed by atoms with Crippen LogP contribution in [-0.4, -0.2) is 21.0 Å². The van der Waals surface area contributed by atoms with Gasteiger partial charge >= 0.3 is 5.97 Å². The monoisotopic (exact) mass is 268 g/mol. The van der Waals surface area contributed by atoms with Crippen molar-refractivity contribution in [1.82, 2.24) is 9.97 Å². The lowest BCUT2D eigenvalue weighted by atomic mass is 10.2. The van der Waals surface area contributed by atoms with Crippen LogP contribution in [0.25, 0.3) is 10.9 Å². The van der Waals surface area contributed by atoms with Gasteiger partial charge in [-0.1, -0.05) is 24.3 Å². The fourth-order valence-corrected chi connectivity index (χ4v) is 1.59. The molecular formula is C15H12N2O3. The first-order valence-corrected chi connectivity index (χ1v) is 5.88. The van der Waals surface area contributed by atoms with Crippen molar-refractivity contribution in [3.8, 4) is 0 Å². The molecule has 2 heterocycles. The van der Waals surface area contributed by atoms with Crippen LogP contribution in [-0.2, 0) is 0 Å². The summed E-state index contributed by atoms with van der Waals surface area (Å²) in [5.74, 6) is -1.13. The maximum absolute atomic E-state index is 10.5. The summed E-state index contributed by atoms with van der Waals surface area (Å²) >= 11 is 0. The molecule has 3 aromatic rings. The number of aromatic nitrogens is 2. The number of rotatable bonds is 1. The van der Waals surface area contributed by atoms with Crippen molar-refractivity contribution in [2.75, 3.05) is 0 Å². The molecule has 2 aromatic heterocycles. The number of carboxylic acid groups (broad SMARTS) is 1. The van der Waals surface area contributed by atoms with Crippen LogP contribution < -0.4 is 5.43 Å². The van der Waals surface area contributed by atoms with Gasteiger partial charge < -0.3 is 10.1 Å². The molecule has 100 valence electrons. The molecule has 0 spiro atoms. The molecule has 0 saturated carbocycles. The Hall–Kier alpha value is -2.95. The van der Waals surface area contributed by atoms with Gasteiger partial charge in [0.2, 0.25) is 0 Å². The van der Waals surface area contributed by atoms with Gasteiger partial charge in [0, 0.05) is 29.9 Å². The summed E-state index contributed by atoms with van der Waals surface area (Å²) in [5.41, 5.74) is 0.661. The summed E-state index contributed by atoms with van der Waals surface area (Å²) in [6.45, 7) is 0. The molecule has 0 aliphatic carbocycles. The number of benzene rings is 1. The molecule has 2 N–H and O–H groups in total. The predicted octanol–water partition coefficient (Wildman–Crippen LogP) is 2.31. The minimum Gasteiger partial charge on any atom is -0.477 e. The minimum absolute atomic E-state index is 0.0903. The average molecular weight is 268 g/mol. The summed E-state index contributed by atoms with van der Waals surface area (Å²) < 4.78 is 0. The number of aromatic carboxylic acids is 1. The van der Waals surface area contributed by atoms with E-state index in [1.165, 1.54) is 17.6 Å². The Balaban J connectivity index is 0.000000147. The van der Waals surface area contributed by atoms with E-state index in [0.717, 1.165) is 11.6 Å². The third-order valence-electron chi connectivity index (χ3n) is 2.52. The molecule has 5 nitrogen and oxygen atoms in total. The molecule has 0 radical (unpaired) electrons. The molecule has 0 saturated heterocycles. The van der Waals surface area contributed by atoms with Gasteiger partial charge in [-0.05, 0) is 12.1 Å². The van der Waals surface area contributed by atoms with Crippen molar-refractivity contribution in [3.05, 3.63) is 76.8 Å². The Bertz CT molecular complexity index is 715. The van der Waals surface area contributed by atoms with Crippen molar-refractivity contribution in [3.63, 3.8) is 0 Å². The predicted molar refractivity (Wildman–Crippen MR) is 75.8 cm³/mol. The highest BCUT2D eigenvalue weighted by molar-refractivity contribution is 5.85. The lowest BCUT2D eigenvalue weighted by molar-refractivity contribution is 0.0690. The van der Waals surface area contributed by atoms with E-state index >= 15 is 0 Å². The van der Waals surface area contributed by atoms with Gasteiger partial charge in [-0.2, -0.15) is 0 Å². The summed E-state index contributed by atoms with van der Waals surface area (Å²) in [6.07, 6.45) is 3.11. The highest BCUT2D eigenvalue weighted by Gasteiger charge is 2.00. The van der Waals surface area contributed by atoms with Crippen molar-refractivity contribution < 1.29 is 9.90 Å². The number of fused-ring (bicyclic) bond motifs is 1. The van der Waals surface area contributed by atoms with E-state index in [0.29, 0.717) is 0 Å². The van der Waals surface area contributed by atoms with Crippen LogP contribution in [0.15, 0.2) is 65.7 Å². The highest BCUT2D eigenvalue weighted by atomic mass is 16.4. The summed E-state index contributed by atoms with van der Waals surface area (Å²) in [7, 11) is 0. The zero-order chi connectivity index (χ0) is 14.4. The van der Waals surface area contributed by atoms with Gasteiger partial charge in [0.15, 0.2) is 5.43 Å². The van der Waals surface area contributed by atoms with Gasteiger partial charge in [0.25, 0.3) is 0 Å². The molecule has 1 aromatic carbocycles. The second kappa shape index (κ2) is 6.29. The zero-order valence-corrected chi connectivity index (χ0v) is 10.5. The summed E-state index contributed by atoms with van der Waals surface area (Å²) in [4.78, 5) is 27.3. The summed E-state index contributed by atoms with van der Waals surface area (Å²) in [6, 6.07) is 14.4. The van der Waals surface area contributed by atoms with Gasteiger partial charge in [-0.25, -0.2) is 4.79 Å². The van der Waals surface area contributed by atoms with E-state index in [1.54, 1.807) is 0 Å². The number of aromatic amines is 1. The van der Waals surface area contributed by atoms with Gasteiger partial charge in [-0.15, -0.1) is 0 Å². The number of pyridine rings is 2. The molecular weight excluding hydrogens is 256 g/mol. The van der Waals surface area contributed by atoms with Gasteiger partial charge in [0.05, 0.1) is 5.52 Å². The number of carbonyl (C=O) groups is 1. The molecule has 0 aliphatic rings.